The molecule has 6 nitrogen and oxygen atoms in total. The molecule has 0 fully saturated rings. The van der Waals surface area contributed by atoms with Crippen LogP contribution in [0.5, 0.6) is 0 Å². The number of fused-ring (bicyclic) bond motifs is 1. The van der Waals surface area contributed by atoms with E-state index in [9.17, 15) is 18.0 Å². The average Bonchev–Trinajstić information content (AvgIpc) is 2.99. The number of carbonyl (C=O) groups is 1. The number of carbonyl (C=O) groups excluding carboxylic acids is 1. The number of hydrogen-bond acceptors (Lipinski definition) is 3. The van der Waals surface area contributed by atoms with Gasteiger partial charge in [-0.1, -0.05) is 0 Å². The van der Waals surface area contributed by atoms with Crippen LogP contribution in [0.15, 0.2) is 12.4 Å². The quantitative estimate of drug-likeness (QED) is 0.913. The van der Waals surface area contributed by atoms with Crippen LogP contribution in [0.4, 0.5) is 13.2 Å². The molecule has 0 aliphatic carbocycles. The number of aryl methyl sites for hydroxylation is 3. The summed E-state index contributed by atoms with van der Waals surface area (Å²) in [5, 5.41) is 6.02. The second-order valence-corrected chi connectivity index (χ2v) is 5.72. The minimum atomic E-state index is -4.66. The van der Waals surface area contributed by atoms with Crippen molar-refractivity contribution in [3.05, 3.63) is 35.2 Å². The van der Waals surface area contributed by atoms with Crippen molar-refractivity contribution in [1.82, 2.24) is 24.6 Å². The van der Waals surface area contributed by atoms with Crippen molar-refractivity contribution in [2.75, 3.05) is 0 Å². The first-order valence-corrected chi connectivity index (χ1v) is 7.18. The molecule has 0 spiro atoms. The number of aromatic nitrogens is 4. The van der Waals surface area contributed by atoms with Gasteiger partial charge in [-0.2, -0.15) is 18.3 Å². The molecule has 0 unspecified atom stereocenters. The van der Waals surface area contributed by atoms with Crippen LogP contribution in [0.3, 0.4) is 0 Å². The fourth-order valence-corrected chi connectivity index (χ4v) is 2.83. The lowest BCUT2D eigenvalue weighted by atomic mass is 10.1. The Hall–Kier alpha value is -2.32. The van der Waals surface area contributed by atoms with Crippen LogP contribution in [-0.2, 0) is 26.2 Å². The number of rotatable bonds is 2. The molecular formula is C14H16F3N5O. The van der Waals surface area contributed by atoms with E-state index in [0.717, 1.165) is 22.4 Å². The van der Waals surface area contributed by atoms with Crippen LogP contribution in [0.25, 0.3) is 0 Å². The van der Waals surface area contributed by atoms with E-state index in [1.165, 1.54) is 7.05 Å². The molecule has 1 aliphatic heterocycles. The van der Waals surface area contributed by atoms with Crippen LogP contribution in [0, 0.1) is 6.92 Å². The first-order chi connectivity index (χ1) is 10.7. The lowest BCUT2D eigenvalue weighted by molar-refractivity contribution is -0.141. The van der Waals surface area contributed by atoms with E-state index < -0.39 is 23.3 Å². The molecule has 23 heavy (non-hydrogen) atoms. The molecular weight excluding hydrogens is 311 g/mol. The van der Waals surface area contributed by atoms with Crippen LogP contribution in [0.2, 0.25) is 0 Å². The summed E-state index contributed by atoms with van der Waals surface area (Å²) in [5.41, 5.74) is -0.723. The maximum Gasteiger partial charge on any atom is 0.435 e. The highest BCUT2D eigenvalue weighted by Crippen LogP contribution is 2.30. The Morgan fingerprint density at radius 1 is 1.39 bits per heavy atom. The predicted molar refractivity (Wildman–Crippen MR) is 74.7 cm³/mol. The Kier molecular flexibility index (Phi) is 3.65. The van der Waals surface area contributed by atoms with Crippen LogP contribution in [-0.4, -0.2) is 31.3 Å². The third-order valence-electron chi connectivity index (χ3n) is 3.79. The summed E-state index contributed by atoms with van der Waals surface area (Å²) in [5.74, 6) is 0.182. The van der Waals surface area contributed by atoms with Gasteiger partial charge in [0.25, 0.3) is 5.91 Å². The van der Waals surface area contributed by atoms with E-state index in [4.69, 9.17) is 0 Å². The van der Waals surface area contributed by atoms with Crippen molar-refractivity contribution >= 4 is 5.91 Å². The van der Waals surface area contributed by atoms with Gasteiger partial charge in [0.15, 0.2) is 5.69 Å². The first-order valence-electron chi connectivity index (χ1n) is 7.18. The first kappa shape index (κ1) is 15.6. The highest BCUT2D eigenvalue weighted by atomic mass is 19.4. The molecule has 0 radical (unpaired) electrons. The minimum absolute atomic E-state index is 0.232. The lowest BCUT2D eigenvalue weighted by Crippen LogP contribution is -2.41. The van der Waals surface area contributed by atoms with Gasteiger partial charge in [-0.15, -0.1) is 0 Å². The molecule has 1 N–H and O–H groups in total. The smallest absolute Gasteiger partial charge is 0.347 e. The molecule has 2 aromatic rings. The van der Waals surface area contributed by atoms with Crippen molar-refractivity contribution in [3.63, 3.8) is 0 Å². The zero-order valence-corrected chi connectivity index (χ0v) is 12.7. The summed E-state index contributed by atoms with van der Waals surface area (Å²) in [4.78, 5) is 16.6. The Bertz CT molecular complexity index is 746. The van der Waals surface area contributed by atoms with Crippen molar-refractivity contribution in [2.24, 2.45) is 7.05 Å². The zero-order chi connectivity index (χ0) is 16.8. The summed E-state index contributed by atoms with van der Waals surface area (Å²) < 4.78 is 41.7. The molecule has 0 bridgehead atoms. The molecule has 124 valence electrons. The summed E-state index contributed by atoms with van der Waals surface area (Å²) in [7, 11) is 1.35. The van der Waals surface area contributed by atoms with Crippen LogP contribution in [0.1, 0.15) is 34.0 Å². The SMILES string of the molecule is Cc1cn2c(n1)CC[C@@H](NC(=O)c1cn(C)nc1C(F)(F)F)C2. The highest BCUT2D eigenvalue weighted by molar-refractivity contribution is 5.95. The maximum atomic E-state index is 12.9. The number of halogens is 3. The molecule has 3 heterocycles. The van der Waals surface area contributed by atoms with Gasteiger partial charge >= 0.3 is 6.18 Å². The van der Waals surface area contributed by atoms with E-state index >= 15 is 0 Å². The number of hydrogen-bond donors (Lipinski definition) is 1. The molecule has 0 saturated carbocycles. The molecule has 1 atom stereocenters. The topological polar surface area (TPSA) is 64.7 Å². The van der Waals surface area contributed by atoms with Gasteiger partial charge in [-0.25, -0.2) is 4.98 Å². The van der Waals surface area contributed by atoms with Gasteiger partial charge in [-0.05, 0) is 13.3 Å². The molecule has 2 aromatic heterocycles. The monoisotopic (exact) mass is 327 g/mol. The Balaban J connectivity index is 1.76. The van der Waals surface area contributed by atoms with Gasteiger partial charge in [-0.3, -0.25) is 9.48 Å². The van der Waals surface area contributed by atoms with Crippen molar-refractivity contribution < 1.29 is 18.0 Å². The third kappa shape index (κ3) is 3.08. The summed E-state index contributed by atoms with van der Waals surface area (Å²) >= 11 is 0. The van der Waals surface area contributed by atoms with Crippen molar-refractivity contribution in [3.8, 4) is 0 Å². The molecule has 1 amide bonds. The van der Waals surface area contributed by atoms with E-state index in [1.54, 1.807) is 0 Å². The highest BCUT2D eigenvalue weighted by Gasteiger charge is 2.39. The van der Waals surface area contributed by atoms with E-state index in [2.05, 4.69) is 15.4 Å². The summed E-state index contributed by atoms with van der Waals surface area (Å²) in [6, 6.07) is -0.232. The lowest BCUT2D eigenvalue weighted by Gasteiger charge is -2.24. The fraction of sp³-hybridized carbons (Fsp3) is 0.500. The third-order valence-corrected chi connectivity index (χ3v) is 3.79. The van der Waals surface area contributed by atoms with Gasteiger partial charge < -0.3 is 9.88 Å². The number of nitrogens with zero attached hydrogens (tertiary/aromatic N) is 4. The van der Waals surface area contributed by atoms with Crippen LogP contribution >= 0.6 is 0 Å². The predicted octanol–water partition coefficient (Wildman–Crippen LogP) is 1.69. The minimum Gasteiger partial charge on any atom is -0.347 e. The Labute approximate surface area is 130 Å². The number of nitrogens with one attached hydrogen (secondary N) is 1. The van der Waals surface area contributed by atoms with E-state index in [-0.39, 0.29) is 6.04 Å². The van der Waals surface area contributed by atoms with Gasteiger partial charge in [0.1, 0.15) is 5.82 Å². The molecule has 3 rings (SSSR count). The normalized spacial score (nSPS) is 17.9. The molecule has 0 aromatic carbocycles. The molecule has 0 saturated heterocycles. The maximum absolute atomic E-state index is 12.9. The molecule has 9 heteroatoms. The van der Waals surface area contributed by atoms with Gasteiger partial charge in [0.05, 0.1) is 11.3 Å². The largest absolute Gasteiger partial charge is 0.435 e. The zero-order valence-electron chi connectivity index (χ0n) is 12.7. The average molecular weight is 327 g/mol. The summed E-state index contributed by atoms with van der Waals surface area (Å²) in [6.07, 6.45) is -0.371. The van der Waals surface area contributed by atoms with E-state index in [1.807, 2.05) is 17.7 Å². The van der Waals surface area contributed by atoms with Crippen molar-refractivity contribution in [2.45, 2.75) is 38.5 Å². The Morgan fingerprint density at radius 2 is 2.13 bits per heavy atom. The number of alkyl halides is 3. The van der Waals surface area contributed by atoms with Gasteiger partial charge in [0, 0.05) is 38.4 Å². The molecule has 1 aliphatic rings. The summed E-state index contributed by atoms with van der Waals surface area (Å²) in [6.45, 7) is 2.38. The van der Waals surface area contributed by atoms with Crippen LogP contribution < -0.4 is 5.32 Å². The second-order valence-electron chi connectivity index (χ2n) is 5.72. The number of imidazole rings is 1. The standard InChI is InChI=1S/C14H16F3N5O/c1-8-5-22-6-9(3-4-11(22)18-8)19-13(23)10-7-21(2)20-12(10)14(15,16)17/h5,7,9H,3-4,6H2,1-2H3,(H,19,23)/t9-/m1/s1. The Morgan fingerprint density at radius 3 is 2.83 bits per heavy atom. The fourth-order valence-electron chi connectivity index (χ4n) is 2.83. The van der Waals surface area contributed by atoms with Gasteiger partial charge in [0.2, 0.25) is 0 Å². The van der Waals surface area contributed by atoms with E-state index in [0.29, 0.717) is 19.4 Å². The number of amides is 1. The second kappa shape index (κ2) is 5.39. The van der Waals surface area contributed by atoms with Crippen molar-refractivity contribution in [1.29, 1.82) is 0 Å².